The van der Waals surface area contributed by atoms with E-state index in [4.69, 9.17) is 0 Å². The Morgan fingerprint density at radius 2 is 2.13 bits per heavy atom. The molecule has 4 heterocycles. The van der Waals surface area contributed by atoms with Gasteiger partial charge in [-0.25, -0.2) is 0 Å². The van der Waals surface area contributed by atoms with Crippen LogP contribution < -0.4 is 10.2 Å². The van der Waals surface area contributed by atoms with Crippen LogP contribution in [-0.4, -0.2) is 51.3 Å². The number of benzene rings is 1. The standard InChI is InChI=1S/C20H17N5O3S2/c1-23-7-2-3-13(23)10-16-18(27)25(20(28)30-16)11-17(26)22-12-4-5-15-14(9-12)24-8-6-21-19(24)29-15/h2-5,7,9-10H,6,8,11H2,1H3,(H,22,26). The van der Waals surface area contributed by atoms with Gasteiger partial charge in [-0.15, -0.1) is 0 Å². The van der Waals surface area contributed by atoms with Crippen LogP contribution in [0, 0.1) is 0 Å². The minimum atomic E-state index is -0.454. The molecule has 1 N–H and O–H groups in total. The van der Waals surface area contributed by atoms with Gasteiger partial charge in [-0.1, -0.05) is 0 Å². The Hall–Kier alpha value is -2.98. The number of carbonyl (C=O) groups excluding carboxylic acids is 3. The molecule has 2 aromatic rings. The van der Waals surface area contributed by atoms with E-state index in [9.17, 15) is 14.4 Å². The van der Waals surface area contributed by atoms with Gasteiger partial charge in [-0.2, -0.15) is 0 Å². The lowest BCUT2D eigenvalue weighted by molar-refractivity contribution is -0.127. The molecule has 30 heavy (non-hydrogen) atoms. The van der Waals surface area contributed by atoms with Crippen molar-refractivity contribution in [3.05, 3.63) is 47.1 Å². The van der Waals surface area contributed by atoms with E-state index in [2.05, 4.69) is 15.2 Å². The van der Waals surface area contributed by atoms with Gasteiger partial charge in [0.25, 0.3) is 11.1 Å². The smallest absolute Gasteiger partial charge is 0.294 e. The summed E-state index contributed by atoms with van der Waals surface area (Å²) >= 11 is 2.46. The third-order valence-electron chi connectivity index (χ3n) is 4.97. The minimum absolute atomic E-state index is 0.310. The van der Waals surface area contributed by atoms with Crippen molar-refractivity contribution < 1.29 is 14.4 Å². The summed E-state index contributed by atoms with van der Waals surface area (Å²) in [6, 6.07) is 9.37. The highest BCUT2D eigenvalue weighted by Gasteiger charge is 2.36. The van der Waals surface area contributed by atoms with E-state index in [1.165, 1.54) is 0 Å². The summed E-state index contributed by atoms with van der Waals surface area (Å²) in [6.45, 7) is 1.28. The molecule has 152 valence electrons. The van der Waals surface area contributed by atoms with Gasteiger partial charge in [0.2, 0.25) is 5.91 Å². The summed E-state index contributed by atoms with van der Waals surface area (Å²) in [6.07, 6.45) is 3.52. The van der Waals surface area contributed by atoms with Crippen molar-refractivity contribution in [2.75, 3.05) is 29.9 Å². The number of thioether (sulfide) groups is 2. The van der Waals surface area contributed by atoms with Gasteiger partial charge in [0.1, 0.15) is 6.54 Å². The molecule has 5 rings (SSSR count). The fourth-order valence-corrected chi connectivity index (χ4v) is 5.35. The van der Waals surface area contributed by atoms with Crippen LogP contribution in [0.1, 0.15) is 5.69 Å². The molecule has 0 spiro atoms. The quantitative estimate of drug-likeness (QED) is 0.737. The summed E-state index contributed by atoms with van der Waals surface area (Å²) in [5.41, 5.74) is 2.45. The van der Waals surface area contributed by atoms with Crippen LogP contribution in [0.15, 0.2) is 51.3 Å². The average Bonchev–Trinajstić information content (AvgIpc) is 3.45. The topological polar surface area (TPSA) is 87.0 Å². The van der Waals surface area contributed by atoms with E-state index >= 15 is 0 Å². The normalized spacial score (nSPS) is 18.8. The van der Waals surface area contributed by atoms with Crippen molar-refractivity contribution in [1.82, 2.24) is 9.47 Å². The minimum Gasteiger partial charge on any atom is -0.351 e. The number of fused-ring (bicyclic) bond motifs is 3. The molecule has 3 aliphatic heterocycles. The van der Waals surface area contributed by atoms with Gasteiger partial charge in [-0.3, -0.25) is 24.3 Å². The van der Waals surface area contributed by atoms with Gasteiger partial charge >= 0.3 is 0 Å². The van der Waals surface area contributed by atoms with Crippen LogP contribution in [0.2, 0.25) is 0 Å². The fraction of sp³-hybridized carbons (Fsp3) is 0.200. The SMILES string of the molecule is Cn1cccc1C=C1SC(=O)N(CC(=O)Nc2ccc3c(c2)N2CCN=C2S3)C1=O. The zero-order valence-electron chi connectivity index (χ0n) is 16.0. The molecule has 0 bridgehead atoms. The number of anilines is 2. The Bertz CT molecular complexity index is 1150. The summed E-state index contributed by atoms with van der Waals surface area (Å²) in [5, 5.41) is 3.33. The fourth-order valence-electron chi connectivity index (χ4n) is 3.47. The second kappa shape index (κ2) is 7.37. The van der Waals surface area contributed by atoms with Crippen molar-refractivity contribution in [2.24, 2.45) is 12.0 Å². The summed E-state index contributed by atoms with van der Waals surface area (Å²) < 4.78 is 1.85. The number of rotatable bonds is 4. The van der Waals surface area contributed by atoms with Crippen molar-refractivity contribution in [1.29, 1.82) is 0 Å². The van der Waals surface area contributed by atoms with E-state index in [0.717, 1.165) is 51.2 Å². The largest absolute Gasteiger partial charge is 0.351 e. The predicted molar refractivity (Wildman–Crippen MR) is 119 cm³/mol. The molecule has 0 saturated carbocycles. The highest BCUT2D eigenvalue weighted by atomic mass is 32.2. The number of aromatic nitrogens is 1. The summed E-state index contributed by atoms with van der Waals surface area (Å²) in [4.78, 5) is 46.4. The molecule has 3 amide bonds. The van der Waals surface area contributed by atoms with Gasteiger partial charge in [0, 0.05) is 36.1 Å². The second-order valence-electron chi connectivity index (χ2n) is 6.96. The number of nitrogens with one attached hydrogen (secondary N) is 1. The van der Waals surface area contributed by atoms with Crippen molar-refractivity contribution in [2.45, 2.75) is 4.90 Å². The molecule has 1 aromatic carbocycles. The number of hydrogen-bond acceptors (Lipinski definition) is 7. The van der Waals surface area contributed by atoms with E-state index in [1.54, 1.807) is 17.8 Å². The van der Waals surface area contributed by atoms with Gasteiger partial charge in [0.05, 0.1) is 17.1 Å². The van der Waals surface area contributed by atoms with Crippen molar-refractivity contribution in [3.8, 4) is 0 Å². The Kier molecular flexibility index (Phi) is 4.67. The second-order valence-corrected chi connectivity index (χ2v) is 8.96. The van der Waals surface area contributed by atoms with Crippen LogP contribution in [0.3, 0.4) is 0 Å². The zero-order chi connectivity index (χ0) is 20.8. The monoisotopic (exact) mass is 439 g/mol. The first-order valence-electron chi connectivity index (χ1n) is 9.30. The summed E-state index contributed by atoms with van der Waals surface area (Å²) in [7, 11) is 1.86. The number of nitrogens with zero attached hydrogens (tertiary/aromatic N) is 4. The molecular weight excluding hydrogens is 422 g/mol. The Labute approximate surface area is 181 Å². The van der Waals surface area contributed by atoms with E-state index < -0.39 is 17.1 Å². The first-order valence-corrected chi connectivity index (χ1v) is 10.9. The lowest BCUT2D eigenvalue weighted by atomic mass is 10.2. The maximum Gasteiger partial charge on any atom is 0.294 e. The number of aryl methyl sites for hydroxylation is 1. The molecular formula is C20H17N5O3S2. The van der Waals surface area contributed by atoms with Gasteiger partial charge in [0.15, 0.2) is 5.17 Å². The van der Waals surface area contributed by atoms with E-state index in [0.29, 0.717) is 10.6 Å². The molecule has 0 unspecified atom stereocenters. The molecule has 0 radical (unpaired) electrons. The first kappa shape index (κ1) is 19.0. The molecule has 10 heteroatoms. The molecule has 8 nitrogen and oxygen atoms in total. The molecule has 3 aliphatic rings. The zero-order valence-corrected chi connectivity index (χ0v) is 17.6. The molecule has 0 aliphatic carbocycles. The highest BCUT2D eigenvalue weighted by molar-refractivity contribution is 8.18. The first-order chi connectivity index (χ1) is 14.5. The van der Waals surface area contributed by atoms with Crippen LogP contribution >= 0.6 is 23.5 Å². The van der Waals surface area contributed by atoms with E-state index in [-0.39, 0.29) is 6.54 Å². The third kappa shape index (κ3) is 3.31. The Balaban J connectivity index is 1.27. The lowest BCUT2D eigenvalue weighted by Crippen LogP contribution is -2.36. The van der Waals surface area contributed by atoms with Crippen LogP contribution in [0.5, 0.6) is 0 Å². The summed E-state index contributed by atoms with van der Waals surface area (Å²) in [5.74, 6) is -0.872. The Morgan fingerprint density at radius 3 is 2.93 bits per heavy atom. The maximum absolute atomic E-state index is 12.6. The van der Waals surface area contributed by atoms with Gasteiger partial charge < -0.3 is 14.8 Å². The van der Waals surface area contributed by atoms with Crippen molar-refractivity contribution in [3.63, 3.8) is 0 Å². The predicted octanol–water partition coefficient (Wildman–Crippen LogP) is 2.98. The number of amides is 3. The van der Waals surface area contributed by atoms with Crippen LogP contribution in [-0.2, 0) is 16.6 Å². The Morgan fingerprint density at radius 1 is 1.27 bits per heavy atom. The van der Waals surface area contributed by atoms with Crippen molar-refractivity contribution >= 4 is 63.2 Å². The number of aliphatic imine (C=N–C) groups is 1. The molecule has 1 aromatic heterocycles. The molecule has 1 saturated heterocycles. The van der Waals surface area contributed by atoms with E-state index in [1.807, 2.05) is 48.1 Å². The number of amidine groups is 1. The lowest BCUT2D eigenvalue weighted by Gasteiger charge is -2.15. The van der Waals surface area contributed by atoms with Crippen LogP contribution in [0.25, 0.3) is 6.08 Å². The highest BCUT2D eigenvalue weighted by Crippen LogP contribution is 2.43. The van der Waals surface area contributed by atoms with Gasteiger partial charge in [-0.05, 0) is 59.9 Å². The van der Waals surface area contributed by atoms with Crippen LogP contribution in [0.4, 0.5) is 16.2 Å². The molecule has 1 fully saturated rings. The number of imide groups is 1. The number of carbonyl (C=O) groups is 3. The maximum atomic E-state index is 12.6. The number of hydrogen-bond donors (Lipinski definition) is 1. The third-order valence-corrected chi connectivity index (χ3v) is 6.98. The molecule has 0 atom stereocenters. The average molecular weight is 440 g/mol.